The third-order valence-electron chi connectivity index (χ3n) is 7.53. The zero-order valence-electron chi connectivity index (χ0n) is 25.8. The van der Waals surface area contributed by atoms with Gasteiger partial charge in [-0.05, 0) is 86.5 Å². The molecular formula is C30H42N5O8P. The van der Waals surface area contributed by atoms with Crippen LogP contribution in [0.5, 0.6) is 17.2 Å². The van der Waals surface area contributed by atoms with E-state index in [9.17, 15) is 14.3 Å². The van der Waals surface area contributed by atoms with Gasteiger partial charge in [0.05, 0.1) is 51.1 Å². The van der Waals surface area contributed by atoms with Crippen LogP contribution in [0.25, 0.3) is 5.69 Å². The Labute approximate surface area is 258 Å². The zero-order chi connectivity index (χ0) is 31.5. The van der Waals surface area contributed by atoms with Crippen LogP contribution in [0.2, 0.25) is 0 Å². The first-order chi connectivity index (χ1) is 21.3. The van der Waals surface area contributed by atoms with E-state index in [0.29, 0.717) is 42.8 Å². The van der Waals surface area contributed by atoms with E-state index in [1.807, 2.05) is 6.07 Å². The average molecular weight is 632 g/mol. The number of aryl methyl sites for hydroxylation is 1. The van der Waals surface area contributed by atoms with Crippen molar-refractivity contribution < 1.29 is 37.5 Å². The number of phosphoric ester groups is 1. The van der Waals surface area contributed by atoms with Gasteiger partial charge in [0.15, 0.2) is 11.5 Å². The normalized spacial score (nSPS) is 14.5. The number of unbranched alkanes of at least 4 members (excludes halogenated alkanes) is 2. The number of carbonyl (C=O) groups excluding carboxylic acids is 1. The maximum atomic E-state index is 13.1. The minimum absolute atomic E-state index is 0.102. The van der Waals surface area contributed by atoms with Crippen molar-refractivity contribution in [3.05, 3.63) is 58.9 Å². The lowest BCUT2D eigenvalue weighted by Crippen LogP contribution is -2.32. The molecule has 0 fully saturated rings. The number of amides is 1. The van der Waals surface area contributed by atoms with E-state index in [1.165, 1.54) is 18.2 Å². The molecule has 2 heterocycles. The summed E-state index contributed by atoms with van der Waals surface area (Å²) in [5.74, 6) is 1.78. The number of methoxy groups -OCH3 is 3. The van der Waals surface area contributed by atoms with Crippen LogP contribution >= 0.6 is 7.82 Å². The number of ether oxygens (including phenoxy) is 3. The molecule has 0 bridgehead atoms. The van der Waals surface area contributed by atoms with Gasteiger partial charge >= 0.3 is 7.82 Å². The minimum atomic E-state index is -3.96. The van der Waals surface area contributed by atoms with Crippen LogP contribution in [-0.4, -0.2) is 85.4 Å². The molecule has 13 nitrogen and oxygen atoms in total. The number of hydrogen-bond donors (Lipinski definition) is 2. The van der Waals surface area contributed by atoms with Crippen LogP contribution in [-0.2, 0) is 33.0 Å². The number of aromatic nitrogens is 3. The van der Waals surface area contributed by atoms with Gasteiger partial charge in [-0.2, -0.15) is 0 Å². The fourth-order valence-electron chi connectivity index (χ4n) is 5.09. The summed E-state index contributed by atoms with van der Waals surface area (Å²) in [6.07, 6.45) is 6.43. The minimum Gasteiger partial charge on any atom is -0.496 e. The van der Waals surface area contributed by atoms with Gasteiger partial charge < -0.3 is 24.4 Å². The van der Waals surface area contributed by atoms with E-state index in [4.69, 9.17) is 18.7 Å². The van der Waals surface area contributed by atoms with Crippen molar-refractivity contribution in [3.63, 3.8) is 0 Å². The number of rotatable bonds is 17. The molecular weight excluding hydrogens is 589 g/mol. The zero-order valence-corrected chi connectivity index (χ0v) is 26.7. The third-order valence-corrected chi connectivity index (χ3v) is 8.50. The maximum absolute atomic E-state index is 13.1. The molecule has 0 aliphatic carbocycles. The molecule has 2 aromatic carbocycles. The summed E-state index contributed by atoms with van der Waals surface area (Å²) in [6.45, 7) is 3.45. The quantitative estimate of drug-likeness (QED) is 0.165. The summed E-state index contributed by atoms with van der Waals surface area (Å²) < 4.78 is 38.5. The second-order valence-electron chi connectivity index (χ2n) is 10.4. The molecule has 3 aromatic rings. The van der Waals surface area contributed by atoms with E-state index in [1.54, 1.807) is 37.2 Å². The Bertz CT molecular complexity index is 1450. The number of benzene rings is 2. The highest BCUT2D eigenvalue weighted by atomic mass is 31.2. The molecule has 0 saturated heterocycles. The first-order valence-corrected chi connectivity index (χ1v) is 16.1. The van der Waals surface area contributed by atoms with Crippen LogP contribution in [0.15, 0.2) is 36.5 Å². The first-order valence-electron chi connectivity index (χ1n) is 14.6. The summed E-state index contributed by atoms with van der Waals surface area (Å²) in [4.78, 5) is 24.8. The number of phosphoric acid groups is 1. The summed E-state index contributed by atoms with van der Waals surface area (Å²) >= 11 is 0. The largest absolute Gasteiger partial charge is 0.496 e. The van der Waals surface area contributed by atoms with E-state index in [0.717, 1.165) is 63.2 Å². The third kappa shape index (κ3) is 9.02. The van der Waals surface area contributed by atoms with Crippen LogP contribution in [0.3, 0.4) is 0 Å². The Morgan fingerprint density at radius 3 is 2.45 bits per heavy atom. The highest BCUT2D eigenvalue weighted by molar-refractivity contribution is 7.47. The van der Waals surface area contributed by atoms with Gasteiger partial charge in [0, 0.05) is 26.7 Å². The summed E-state index contributed by atoms with van der Waals surface area (Å²) in [5, 5.41) is 11.4. The fourth-order valence-corrected chi connectivity index (χ4v) is 5.55. The number of nitrogens with zero attached hydrogens (tertiary/aromatic N) is 4. The van der Waals surface area contributed by atoms with E-state index >= 15 is 0 Å². The molecule has 1 aliphatic rings. The lowest BCUT2D eigenvalue weighted by Gasteiger charge is -2.29. The van der Waals surface area contributed by atoms with Gasteiger partial charge in [0.2, 0.25) is 0 Å². The van der Waals surface area contributed by atoms with Crippen molar-refractivity contribution in [1.82, 2.24) is 25.2 Å². The molecule has 2 N–H and O–H groups in total. The van der Waals surface area contributed by atoms with Crippen LogP contribution in [0.4, 0.5) is 0 Å². The van der Waals surface area contributed by atoms with E-state index < -0.39 is 7.82 Å². The Kier molecular flexibility index (Phi) is 12.2. The Morgan fingerprint density at radius 1 is 0.977 bits per heavy atom. The lowest BCUT2D eigenvalue weighted by molar-refractivity contribution is 0.0949. The molecule has 1 amide bonds. The second-order valence-corrected chi connectivity index (χ2v) is 12.0. The Balaban J connectivity index is 1.23. The maximum Gasteiger partial charge on any atom is 0.471 e. The van der Waals surface area contributed by atoms with Crippen molar-refractivity contribution in [2.24, 2.45) is 0 Å². The first kappa shape index (κ1) is 33.4. The van der Waals surface area contributed by atoms with Crippen molar-refractivity contribution in [2.75, 3.05) is 54.7 Å². The molecule has 240 valence electrons. The molecule has 1 aliphatic heterocycles. The number of fused-ring (bicyclic) bond motifs is 1. The van der Waals surface area contributed by atoms with Gasteiger partial charge in [-0.3, -0.25) is 18.7 Å². The molecule has 4 rings (SSSR count). The standard InChI is InChI=1S/C30H42N5O8P/c1-39-27-11-10-25(35-21-24(32-33-35)9-5-8-16-43-44(37,38)42-4)19-26(27)30(36)31-13-6-7-14-34-15-12-22-17-28(40-2)29(41-3)18-23(22)20-34/h10-11,17-19,21H,5-9,12-16,20H2,1-4H3,(H,31,36)(H,37,38). The molecule has 1 unspecified atom stereocenters. The molecule has 0 spiro atoms. The van der Waals surface area contributed by atoms with E-state index in [2.05, 4.69) is 37.2 Å². The molecule has 0 saturated carbocycles. The Morgan fingerprint density at radius 2 is 1.73 bits per heavy atom. The molecule has 44 heavy (non-hydrogen) atoms. The van der Waals surface area contributed by atoms with Crippen molar-refractivity contribution in [2.45, 2.75) is 45.1 Å². The number of carbonyl (C=O) groups is 1. The van der Waals surface area contributed by atoms with Gasteiger partial charge in [0.25, 0.3) is 5.91 Å². The average Bonchev–Trinajstić information content (AvgIpc) is 3.52. The molecule has 14 heteroatoms. The van der Waals surface area contributed by atoms with E-state index in [-0.39, 0.29) is 12.5 Å². The predicted molar refractivity (Wildman–Crippen MR) is 164 cm³/mol. The van der Waals surface area contributed by atoms with Gasteiger partial charge in [0.1, 0.15) is 5.75 Å². The SMILES string of the molecule is COc1cc2c(cc1OC)CN(CCCCNC(=O)c1cc(-n3cc(CCCCOP(=O)(O)OC)nn3)ccc1OC)CC2. The van der Waals surface area contributed by atoms with Gasteiger partial charge in [-0.15, -0.1) is 5.10 Å². The highest BCUT2D eigenvalue weighted by Crippen LogP contribution is 2.42. The number of hydrogen-bond acceptors (Lipinski definition) is 10. The highest BCUT2D eigenvalue weighted by Gasteiger charge is 2.20. The van der Waals surface area contributed by atoms with Crippen LogP contribution < -0.4 is 19.5 Å². The van der Waals surface area contributed by atoms with Crippen LogP contribution in [0.1, 0.15) is 52.9 Å². The smallest absolute Gasteiger partial charge is 0.471 e. The van der Waals surface area contributed by atoms with Crippen molar-refractivity contribution in [1.29, 1.82) is 0 Å². The van der Waals surface area contributed by atoms with Gasteiger partial charge in [-0.25, -0.2) is 9.25 Å². The van der Waals surface area contributed by atoms with Gasteiger partial charge in [-0.1, -0.05) is 5.21 Å². The summed E-state index contributed by atoms with van der Waals surface area (Å²) in [6, 6.07) is 9.44. The van der Waals surface area contributed by atoms with Crippen molar-refractivity contribution >= 4 is 13.7 Å². The van der Waals surface area contributed by atoms with Crippen LogP contribution in [0, 0.1) is 0 Å². The summed E-state index contributed by atoms with van der Waals surface area (Å²) in [5.41, 5.74) is 4.42. The summed E-state index contributed by atoms with van der Waals surface area (Å²) in [7, 11) is 2.02. The lowest BCUT2D eigenvalue weighted by atomic mass is 9.98. The number of nitrogens with one attached hydrogen (secondary N) is 1. The second kappa shape index (κ2) is 16.0. The Hall–Kier alpha value is -3.48. The molecule has 1 atom stereocenters. The predicted octanol–water partition coefficient (Wildman–Crippen LogP) is 3.95. The molecule has 1 aromatic heterocycles. The topological polar surface area (TPSA) is 146 Å². The van der Waals surface area contributed by atoms with Crippen molar-refractivity contribution in [3.8, 4) is 22.9 Å². The molecule has 0 radical (unpaired) electrons. The fraction of sp³-hybridized carbons (Fsp3) is 0.500. The monoisotopic (exact) mass is 631 g/mol.